The van der Waals surface area contributed by atoms with Gasteiger partial charge in [-0.05, 0) is 53.7 Å². The largest absolute Gasteiger partial charge is 0.332 e. The number of nitrogens with zero attached hydrogens (tertiary/aromatic N) is 2. The number of thioether (sulfide) groups is 1. The number of thiocarbonyl (C=S) groups is 1. The summed E-state index contributed by atoms with van der Waals surface area (Å²) in [6.45, 7) is 0. The van der Waals surface area contributed by atoms with Gasteiger partial charge in [0.15, 0.2) is 5.11 Å². The molecule has 0 fully saturated rings. The van der Waals surface area contributed by atoms with Crippen LogP contribution in [0.2, 0.25) is 0 Å². The van der Waals surface area contributed by atoms with E-state index in [0.717, 1.165) is 33.1 Å². The molecule has 0 saturated carbocycles. The molecule has 0 saturated heterocycles. The molecule has 0 amide bonds. The van der Waals surface area contributed by atoms with Crippen LogP contribution >= 0.6 is 24.0 Å². The predicted molar refractivity (Wildman–Crippen MR) is 196 cm³/mol. The van der Waals surface area contributed by atoms with Gasteiger partial charge in [0, 0.05) is 22.3 Å². The molecule has 0 aliphatic carbocycles. The second-order valence-electron chi connectivity index (χ2n) is 10.3. The number of para-hydroxylation sites is 2. The summed E-state index contributed by atoms with van der Waals surface area (Å²) in [6, 6.07) is 48.5. The van der Waals surface area contributed by atoms with E-state index in [9.17, 15) is 0 Å². The Morgan fingerprint density at radius 2 is 1.37 bits per heavy atom. The van der Waals surface area contributed by atoms with Gasteiger partial charge in [-0.15, -0.1) is 11.8 Å². The van der Waals surface area contributed by atoms with Crippen molar-refractivity contribution < 1.29 is 0 Å². The van der Waals surface area contributed by atoms with E-state index in [4.69, 9.17) is 22.3 Å². The molecule has 1 heterocycles. The Kier molecular flexibility index (Phi) is 10.4. The summed E-state index contributed by atoms with van der Waals surface area (Å²) in [7, 11) is 0. The zero-order valence-corrected chi connectivity index (χ0v) is 26.5. The van der Waals surface area contributed by atoms with Gasteiger partial charge in [0.2, 0.25) is 5.96 Å². The average molecular weight is 640 g/mol. The van der Waals surface area contributed by atoms with Gasteiger partial charge in [-0.25, -0.2) is 10.4 Å². The first-order chi connectivity index (χ1) is 22.7. The van der Waals surface area contributed by atoms with E-state index < -0.39 is 0 Å². The minimum absolute atomic E-state index is 0.00938. The number of aliphatic imine (C=N–C) groups is 1. The maximum Gasteiger partial charge on any atom is 0.232 e. The van der Waals surface area contributed by atoms with E-state index in [-0.39, 0.29) is 11.3 Å². The van der Waals surface area contributed by atoms with Gasteiger partial charge in [0.1, 0.15) is 6.04 Å². The fourth-order valence-corrected chi connectivity index (χ4v) is 6.23. The number of anilines is 2. The summed E-state index contributed by atoms with van der Waals surface area (Å²) < 4.78 is 0. The molecule has 46 heavy (non-hydrogen) atoms. The van der Waals surface area contributed by atoms with Gasteiger partial charge in [0.25, 0.3) is 0 Å². The van der Waals surface area contributed by atoms with Gasteiger partial charge < -0.3 is 16.1 Å². The minimum atomic E-state index is -0.253. The Morgan fingerprint density at radius 3 is 2.11 bits per heavy atom. The molecule has 0 radical (unpaired) electrons. The van der Waals surface area contributed by atoms with Crippen molar-refractivity contribution in [2.75, 3.05) is 10.6 Å². The normalized spacial score (nSPS) is 14.7. The van der Waals surface area contributed by atoms with Crippen LogP contribution in [0.15, 0.2) is 173 Å². The first kappa shape index (κ1) is 30.6. The standard InChI is InChI=1S/C37H33N7S2/c45-37(39-30-21-11-4-12-22-30)40-31-23-13-14-24-33(31)46-32(27-15-5-1-6-16-27)25-26-38-43-36-41-34(28-17-7-2-8-18-28)35(42-44-36)29-19-9-3-10-20-29/h1-26,32,34,38H,(H2,39,40,45)(H2,41,43,44)/b26-25-/t32-,34+/m0/s1. The van der Waals surface area contributed by atoms with Crippen molar-refractivity contribution in [2.45, 2.75) is 16.2 Å². The Hall–Kier alpha value is -5.38. The van der Waals surface area contributed by atoms with Crippen LogP contribution in [0.1, 0.15) is 28.0 Å². The van der Waals surface area contributed by atoms with E-state index in [1.165, 1.54) is 5.56 Å². The van der Waals surface area contributed by atoms with Crippen LogP contribution < -0.4 is 26.9 Å². The summed E-state index contributed by atoms with van der Waals surface area (Å²) >= 11 is 7.34. The van der Waals surface area contributed by atoms with Crippen molar-refractivity contribution >= 4 is 52.1 Å². The maximum absolute atomic E-state index is 5.62. The highest BCUT2D eigenvalue weighted by atomic mass is 32.2. The summed E-state index contributed by atoms with van der Waals surface area (Å²) in [4.78, 5) is 6.02. The van der Waals surface area contributed by atoms with Crippen molar-refractivity contribution in [2.24, 2.45) is 10.1 Å². The minimum Gasteiger partial charge on any atom is -0.332 e. The molecule has 5 aromatic carbocycles. The van der Waals surface area contributed by atoms with E-state index >= 15 is 0 Å². The second-order valence-corrected chi connectivity index (χ2v) is 11.9. The van der Waals surface area contributed by atoms with E-state index in [1.54, 1.807) is 11.8 Å². The van der Waals surface area contributed by atoms with Gasteiger partial charge in [-0.2, -0.15) is 5.10 Å². The highest BCUT2D eigenvalue weighted by molar-refractivity contribution is 7.99. The maximum atomic E-state index is 5.62. The van der Waals surface area contributed by atoms with Crippen LogP contribution in [0.3, 0.4) is 0 Å². The van der Waals surface area contributed by atoms with E-state index in [1.807, 2.05) is 109 Å². The van der Waals surface area contributed by atoms with Gasteiger partial charge in [-0.3, -0.25) is 5.43 Å². The van der Waals surface area contributed by atoms with Crippen molar-refractivity contribution in [3.05, 3.63) is 175 Å². The summed E-state index contributed by atoms with van der Waals surface area (Å²) in [5, 5.41) is 11.9. The van der Waals surface area contributed by atoms with E-state index in [0.29, 0.717) is 11.1 Å². The van der Waals surface area contributed by atoms with Crippen LogP contribution in [-0.4, -0.2) is 16.8 Å². The molecule has 5 aromatic rings. The third-order valence-corrected chi connectivity index (χ3v) is 8.58. The molecule has 228 valence electrons. The molecule has 6 rings (SSSR count). The van der Waals surface area contributed by atoms with Crippen LogP contribution in [0, 0.1) is 0 Å². The Morgan fingerprint density at radius 1 is 0.739 bits per heavy atom. The lowest BCUT2D eigenvalue weighted by Gasteiger charge is -2.23. The number of nitrogens with one attached hydrogen (secondary N) is 5. The highest BCUT2D eigenvalue weighted by Crippen LogP contribution is 2.40. The van der Waals surface area contributed by atoms with E-state index in [2.05, 4.69) is 75.5 Å². The summed E-state index contributed by atoms with van der Waals surface area (Å²) in [5.74, 6) is 0.524. The predicted octanol–water partition coefficient (Wildman–Crippen LogP) is 8.04. The Balaban J connectivity index is 1.15. The third-order valence-electron chi connectivity index (χ3n) is 7.08. The quantitative estimate of drug-likeness (QED) is 0.0601. The molecule has 0 bridgehead atoms. The summed E-state index contributed by atoms with van der Waals surface area (Å²) in [5.41, 5.74) is 15.4. The van der Waals surface area contributed by atoms with Crippen LogP contribution in [0.5, 0.6) is 0 Å². The molecule has 1 aliphatic rings. The molecule has 0 unspecified atom stereocenters. The fourth-order valence-electron chi connectivity index (χ4n) is 4.88. The first-order valence-electron chi connectivity index (χ1n) is 14.9. The molecule has 0 spiro atoms. The van der Waals surface area contributed by atoms with Gasteiger partial charge >= 0.3 is 0 Å². The number of hydrogen-bond acceptors (Lipinski definition) is 7. The zero-order chi connectivity index (χ0) is 31.4. The zero-order valence-electron chi connectivity index (χ0n) is 24.9. The fraction of sp³-hybridized carbons (Fsp3) is 0.0541. The number of guanidine groups is 1. The molecular weight excluding hydrogens is 607 g/mol. The molecule has 0 aromatic heterocycles. The number of hydrogen-bond donors (Lipinski definition) is 5. The molecule has 2 atom stereocenters. The number of hydrazone groups is 1. The molecule has 7 nitrogen and oxygen atoms in total. The van der Waals surface area contributed by atoms with Crippen molar-refractivity contribution in [3.8, 4) is 0 Å². The topological polar surface area (TPSA) is 84.9 Å². The number of benzene rings is 5. The third kappa shape index (κ3) is 8.20. The SMILES string of the molecule is S=C(Nc1ccccc1)Nc1ccccc1S[C@@H](/C=C\NNC1=N[C@H](c2ccccc2)C(c2ccccc2)=NN1)c1ccccc1. The summed E-state index contributed by atoms with van der Waals surface area (Å²) in [6.07, 6.45) is 4.00. The molecule has 1 aliphatic heterocycles. The van der Waals surface area contributed by atoms with Gasteiger partial charge in [-0.1, -0.05) is 121 Å². The van der Waals surface area contributed by atoms with Gasteiger partial charge in [0.05, 0.1) is 16.6 Å². The van der Waals surface area contributed by atoms with Crippen LogP contribution in [0.4, 0.5) is 11.4 Å². The lowest BCUT2D eigenvalue weighted by molar-refractivity contribution is 0.735. The Bertz CT molecular complexity index is 1810. The lowest BCUT2D eigenvalue weighted by Crippen LogP contribution is -2.44. The van der Waals surface area contributed by atoms with Crippen LogP contribution in [-0.2, 0) is 0 Å². The number of hydrazine groups is 1. The molecule has 5 N–H and O–H groups in total. The smallest absolute Gasteiger partial charge is 0.232 e. The van der Waals surface area contributed by atoms with Crippen LogP contribution in [0.25, 0.3) is 0 Å². The molecular formula is C37H33N7S2. The average Bonchev–Trinajstić information content (AvgIpc) is 3.12. The van der Waals surface area contributed by atoms with Crippen molar-refractivity contribution in [3.63, 3.8) is 0 Å². The monoisotopic (exact) mass is 639 g/mol. The van der Waals surface area contributed by atoms with Crippen molar-refractivity contribution in [1.29, 1.82) is 0 Å². The Labute approximate surface area is 278 Å². The lowest BCUT2D eigenvalue weighted by atomic mass is 9.97. The number of rotatable bonds is 10. The first-order valence-corrected chi connectivity index (χ1v) is 16.2. The molecule has 9 heteroatoms. The second kappa shape index (κ2) is 15.6. The highest BCUT2D eigenvalue weighted by Gasteiger charge is 2.24. The van der Waals surface area contributed by atoms with Crippen molar-refractivity contribution in [1.82, 2.24) is 16.3 Å².